The predicted octanol–water partition coefficient (Wildman–Crippen LogP) is -2.71. The summed E-state index contributed by atoms with van der Waals surface area (Å²) in [5, 5.41) is 0. The van der Waals surface area contributed by atoms with Gasteiger partial charge in [0.05, 0.1) is 0 Å². The molecule has 6 N–H and O–H groups in total. The van der Waals surface area contributed by atoms with Crippen molar-refractivity contribution in [1.29, 1.82) is 0 Å². The van der Waals surface area contributed by atoms with Gasteiger partial charge in [0, 0.05) is 13.1 Å². The fraction of sp³-hybridized carbons (Fsp3) is 1.00. The van der Waals surface area contributed by atoms with Gasteiger partial charge >= 0.3 is 9.17 Å². The molecule has 0 radical (unpaired) electrons. The molecule has 0 saturated heterocycles. The van der Waals surface area contributed by atoms with Gasteiger partial charge in [-0.05, 0) is 0 Å². The Morgan fingerprint density at radius 2 is 1.38 bits per heavy atom. The molecule has 0 aromatic carbocycles. The van der Waals surface area contributed by atoms with E-state index in [2.05, 4.69) is 0 Å². The molecule has 0 aliphatic carbocycles. The summed E-state index contributed by atoms with van der Waals surface area (Å²) in [6.45, 7) is 1.19. The van der Waals surface area contributed by atoms with Crippen LogP contribution >= 0.6 is 0 Å². The van der Waals surface area contributed by atoms with E-state index in [0.29, 0.717) is 13.1 Å². The number of rotatable bonds is 1. The maximum atomic E-state index is 8.74. The summed E-state index contributed by atoms with van der Waals surface area (Å²) in [6.07, 6.45) is 0. The fourth-order valence-electron chi connectivity index (χ4n) is 0. The highest BCUT2D eigenvalue weighted by molar-refractivity contribution is 6.22. The molecule has 5 nitrogen and oxygen atoms in total. The van der Waals surface area contributed by atoms with E-state index in [9.17, 15) is 0 Å². The fourth-order valence-corrected chi connectivity index (χ4v) is 0. The highest BCUT2D eigenvalue weighted by Gasteiger charge is 1.85. The van der Waals surface area contributed by atoms with Gasteiger partial charge in [-0.2, -0.15) is 0 Å². The molecule has 0 aromatic rings. The average Bonchev–Trinajstić information content (AvgIpc) is 1.65. The lowest BCUT2D eigenvalue weighted by Gasteiger charge is -1.72. The molecule has 0 rings (SSSR count). The molecular formula is C2H10N2O3Si. The molecule has 0 bridgehead atoms. The SMILES string of the molecule is NCCN.O=[Si](O)O. The van der Waals surface area contributed by atoms with E-state index in [1.807, 2.05) is 0 Å². The summed E-state index contributed by atoms with van der Waals surface area (Å²) in [6, 6.07) is 0. The van der Waals surface area contributed by atoms with E-state index in [4.69, 9.17) is 25.5 Å². The van der Waals surface area contributed by atoms with Gasteiger partial charge in [0.1, 0.15) is 0 Å². The summed E-state index contributed by atoms with van der Waals surface area (Å²) in [5.41, 5.74) is 9.81. The van der Waals surface area contributed by atoms with Crippen LogP contribution in [0.2, 0.25) is 0 Å². The summed E-state index contributed by atoms with van der Waals surface area (Å²) in [5.74, 6) is 0. The maximum absolute atomic E-state index is 8.74. The van der Waals surface area contributed by atoms with Crippen LogP contribution in [0.1, 0.15) is 0 Å². The topological polar surface area (TPSA) is 110 Å². The Morgan fingerprint density at radius 3 is 1.38 bits per heavy atom. The Morgan fingerprint density at radius 1 is 1.25 bits per heavy atom. The van der Waals surface area contributed by atoms with Crippen LogP contribution in [0, 0.1) is 0 Å². The molecule has 0 aromatic heterocycles. The third kappa shape index (κ3) is 395. The molecule has 0 fully saturated rings. The Kier molecular flexibility index (Phi) is 12.8. The van der Waals surface area contributed by atoms with Crippen LogP contribution in [0.4, 0.5) is 0 Å². The minimum atomic E-state index is -3.13. The lowest BCUT2D eigenvalue weighted by molar-refractivity contribution is 0.330. The first-order valence-corrected chi connectivity index (χ1v) is 3.27. The zero-order chi connectivity index (χ0) is 6.99. The molecule has 50 valence electrons. The van der Waals surface area contributed by atoms with Crippen LogP contribution in [0.5, 0.6) is 0 Å². The van der Waals surface area contributed by atoms with Crippen molar-refractivity contribution in [2.45, 2.75) is 0 Å². The average molecular weight is 138 g/mol. The second-order valence-corrected chi connectivity index (χ2v) is 1.43. The standard InChI is InChI=1S/C2H8N2.H2O3Si/c3-1-2-4;1-4(2)3/h1-4H2;1-2H. The Balaban J connectivity index is 0. The lowest BCUT2D eigenvalue weighted by atomic mass is 10.7. The van der Waals surface area contributed by atoms with Crippen LogP contribution in [0.3, 0.4) is 0 Å². The number of nitrogens with two attached hydrogens (primary N) is 2. The molecule has 6 heteroatoms. The van der Waals surface area contributed by atoms with Gasteiger partial charge in [-0.3, -0.25) is 4.46 Å². The molecule has 8 heavy (non-hydrogen) atoms. The van der Waals surface area contributed by atoms with Gasteiger partial charge in [-0.1, -0.05) is 0 Å². The first kappa shape index (κ1) is 10.5. The minimum absolute atomic E-state index is 0.597. The van der Waals surface area contributed by atoms with Crippen LogP contribution in [-0.2, 0) is 4.46 Å². The van der Waals surface area contributed by atoms with Crippen molar-refractivity contribution in [3.63, 3.8) is 0 Å². The molecule has 0 aliphatic heterocycles. The number of hydrogen-bond acceptors (Lipinski definition) is 3. The van der Waals surface area contributed by atoms with Crippen molar-refractivity contribution in [2.24, 2.45) is 11.5 Å². The first-order valence-electron chi connectivity index (χ1n) is 1.97. The van der Waals surface area contributed by atoms with Crippen LogP contribution in [0.25, 0.3) is 0 Å². The third-order valence-corrected chi connectivity index (χ3v) is 0.167. The van der Waals surface area contributed by atoms with Crippen LogP contribution < -0.4 is 11.5 Å². The highest BCUT2D eigenvalue weighted by atomic mass is 28.3. The zero-order valence-electron chi connectivity index (χ0n) is 4.37. The van der Waals surface area contributed by atoms with Crippen molar-refractivity contribution in [3.8, 4) is 0 Å². The van der Waals surface area contributed by atoms with Crippen molar-refractivity contribution in [2.75, 3.05) is 13.1 Å². The van der Waals surface area contributed by atoms with E-state index in [-0.39, 0.29) is 0 Å². The summed E-state index contributed by atoms with van der Waals surface area (Å²) in [4.78, 5) is 14.3. The Bertz CT molecular complexity index is 53.2. The summed E-state index contributed by atoms with van der Waals surface area (Å²) >= 11 is 0. The number of hydrogen-bond donors (Lipinski definition) is 4. The molecule has 0 atom stereocenters. The molecule has 0 aliphatic rings. The van der Waals surface area contributed by atoms with Crippen molar-refractivity contribution >= 4 is 9.17 Å². The Labute approximate surface area is 48.8 Å². The van der Waals surface area contributed by atoms with Gasteiger partial charge in [-0.15, -0.1) is 0 Å². The third-order valence-electron chi connectivity index (χ3n) is 0.167. The van der Waals surface area contributed by atoms with E-state index in [1.54, 1.807) is 0 Å². The molecular weight excluding hydrogens is 128 g/mol. The summed E-state index contributed by atoms with van der Waals surface area (Å²) < 4.78 is 8.74. The van der Waals surface area contributed by atoms with E-state index < -0.39 is 9.17 Å². The van der Waals surface area contributed by atoms with E-state index in [1.165, 1.54) is 0 Å². The van der Waals surface area contributed by atoms with Crippen molar-refractivity contribution in [3.05, 3.63) is 0 Å². The van der Waals surface area contributed by atoms with Gasteiger partial charge in [-0.25, -0.2) is 0 Å². The normalized spacial score (nSPS) is 6.75. The molecule has 0 spiro atoms. The second kappa shape index (κ2) is 9.74. The van der Waals surface area contributed by atoms with Crippen molar-refractivity contribution < 1.29 is 14.1 Å². The minimum Gasteiger partial charge on any atom is -0.511 e. The van der Waals surface area contributed by atoms with Crippen molar-refractivity contribution in [1.82, 2.24) is 0 Å². The second-order valence-electron chi connectivity index (χ2n) is 0.860. The van der Waals surface area contributed by atoms with Gasteiger partial charge in [0.2, 0.25) is 0 Å². The van der Waals surface area contributed by atoms with Gasteiger partial charge in [0.15, 0.2) is 0 Å². The van der Waals surface area contributed by atoms with Crippen LogP contribution in [0.15, 0.2) is 0 Å². The quantitative estimate of drug-likeness (QED) is 0.294. The zero-order valence-corrected chi connectivity index (χ0v) is 5.37. The predicted molar refractivity (Wildman–Crippen MR) is 29.0 cm³/mol. The highest BCUT2D eigenvalue weighted by Crippen LogP contribution is 1.27. The molecule has 0 amide bonds. The first-order chi connectivity index (χ1) is 3.65. The van der Waals surface area contributed by atoms with Gasteiger partial charge < -0.3 is 21.1 Å². The maximum Gasteiger partial charge on any atom is 0.761 e. The van der Waals surface area contributed by atoms with Gasteiger partial charge in [0.25, 0.3) is 0 Å². The largest absolute Gasteiger partial charge is 0.761 e. The van der Waals surface area contributed by atoms with Crippen LogP contribution in [-0.4, -0.2) is 31.9 Å². The molecule has 0 heterocycles. The molecule has 0 saturated carbocycles. The van der Waals surface area contributed by atoms with E-state index in [0.717, 1.165) is 0 Å². The Hall–Kier alpha value is -0.463. The van der Waals surface area contributed by atoms with E-state index >= 15 is 0 Å². The smallest absolute Gasteiger partial charge is 0.511 e. The monoisotopic (exact) mass is 138 g/mol. The summed E-state index contributed by atoms with van der Waals surface area (Å²) in [7, 11) is -3.13. The molecule has 0 unspecified atom stereocenters. The lowest BCUT2D eigenvalue weighted by Crippen LogP contribution is -2.11.